The molecule has 0 amide bonds. The van der Waals surface area contributed by atoms with Crippen molar-refractivity contribution in [2.24, 2.45) is 0 Å². The first kappa shape index (κ1) is 12.6. The summed E-state index contributed by atoms with van der Waals surface area (Å²) in [5.74, 6) is 0. The van der Waals surface area contributed by atoms with Crippen molar-refractivity contribution < 1.29 is 0 Å². The van der Waals surface area contributed by atoms with Gasteiger partial charge in [-0.15, -0.1) is 0 Å². The highest BCUT2D eigenvalue weighted by molar-refractivity contribution is 7.80. The van der Waals surface area contributed by atoms with E-state index in [0.29, 0.717) is 11.7 Å². The van der Waals surface area contributed by atoms with Gasteiger partial charge in [-0.2, -0.15) is 5.10 Å². The van der Waals surface area contributed by atoms with Gasteiger partial charge in [-0.05, 0) is 30.8 Å². The van der Waals surface area contributed by atoms with Gasteiger partial charge in [0, 0.05) is 12.7 Å². The summed E-state index contributed by atoms with van der Waals surface area (Å²) in [4.78, 5) is 0. The molecule has 0 saturated heterocycles. The predicted octanol–water partition coefficient (Wildman–Crippen LogP) is 1.88. The van der Waals surface area contributed by atoms with Gasteiger partial charge in [-0.25, -0.2) is 0 Å². The smallest absolute Gasteiger partial charge is 0.166 e. The normalized spacial score (nSPS) is 10.1. The van der Waals surface area contributed by atoms with E-state index < -0.39 is 0 Å². The second-order valence-corrected chi connectivity index (χ2v) is 4.51. The van der Waals surface area contributed by atoms with Crippen molar-refractivity contribution in [2.75, 3.05) is 0 Å². The van der Waals surface area contributed by atoms with Crippen molar-refractivity contribution in [2.45, 2.75) is 20.0 Å². The van der Waals surface area contributed by atoms with Crippen LogP contribution in [-0.2, 0) is 13.1 Å². The number of hydrogen-bond acceptors (Lipinski definition) is 2. The lowest BCUT2D eigenvalue weighted by Gasteiger charge is -2.09. The van der Waals surface area contributed by atoms with Crippen LogP contribution in [-0.4, -0.2) is 15.3 Å². The van der Waals surface area contributed by atoms with E-state index in [4.69, 9.17) is 12.2 Å². The van der Waals surface area contributed by atoms with Gasteiger partial charge in [-0.1, -0.05) is 29.8 Å². The lowest BCUT2D eigenvalue weighted by Crippen LogP contribution is -2.34. The third-order valence-electron chi connectivity index (χ3n) is 2.57. The van der Waals surface area contributed by atoms with Crippen LogP contribution in [0.15, 0.2) is 36.5 Å². The van der Waals surface area contributed by atoms with Gasteiger partial charge in [0.1, 0.15) is 0 Å². The van der Waals surface area contributed by atoms with Crippen LogP contribution in [0.3, 0.4) is 0 Å². The van der Waals surface area contributed by atoms with Gasteiger partial charge in [0.25, 0.3) is 0 Å². The van der Waals surface area contributed by atoms with Gasteiger partial charge in [0.05, 0.1) is 12.2 Å². The van der Waals surface area contributed by atoms with Crippen LogP contribution in [0.2, 0.25) is 0 Å². The Bertz CT molecular complexity index is 490. The van der Waals surface area contributed by atoms with Gasteiger partial charge in [-0.3, -0.25) is 5.10 Å². The maximum atomic E-state index is 5.20. The fourth-order valence-electron chi connectivity index (χ4n) is 1.51. The van der Waals surface area contributed by atoms with E-state index >= 15 is 0 Å². The highest BCUT2D eigenvalue weighted by atomic mass is 32.1. The molecule has 0 spiro atoms. The predicted molar refractivity (Wildman–Crippen MR) is 76.0 cm³/mol. The van der Waals surface area contributed by atoms with E-state index in [9.17, 15) is 0 Å². The summed E-state index contributed by atoms with van der Waals surface area (Å²) >= 11 is 5.20. The molecule has 1 aromatic carbocycles. The molecule has 0 bridgehead atoms. The Hall–Kier alpha value is -1.88. The van der Waals surface area contributed by atoms with E-state index in [0.717, 1.165) is 12.2 Å². The molecule has 18 heavy (non-hydrogen) atoms. The Morgan fingerprint density at radius 1 is 1.17 bits per heavy atom. The topological polar surface area (TPSA) is 52.7 Å². The summed E-state index contributed by atoms with van der Waals surface area (Å²) in [6.07, 6.45) is 1.72. The Morgan fingerprint density at radius 2 is 1.89 bits per heavy atom. The number of aryl methyl sites for hydroxylation is 1. The number of aromatic amines is 1. The highest BCUT2D eigenvalue weighted by Crippen LogP contribution is 2.02. The fourth-order valence-corrected chi connectivity index (χ4v) is 1.65. The SMILES string of the molecule is Cc1ccc(CNC(=S)NCc2ccn[nH]2)cc1. The fraction of sp³-hybridized carbons (Fsp3) is 0.231. The van der Waals surface area contributed by atoms with Crippen LogP contribution in [0.4, 0.5) is 0 Å². The molecule has 3 N–H and O–H groups in total. The molecule has 94 valence electrons. The minimum Gasteiger partial charge on any atom is -0.359 e. The molecule has 0 atom stereocenters. The third-order valence-corrected chi connectivity index (χ3v) is 2.86. The lowest BCUT2D eigenvalue weighted by molar-refractivity contribution is 0.809. The average molecular weight is 260 g/mol. The molecule has 4 nitrogen and oxygen atoms in total. The van der Waals surface area contributed by atoms with Crippen molar-refractivity contribution in [1.82, 2.24) is 20.8 Å². The van der Waals surface area contributed by atoms with Crippen LogP contribution in [0.25, 0.3) is 0 Å². The van der Waals surface area contributed by atoms with Crippen molar-refractivity contribution in [3.8, 4) is 0 Å². The Balaban J connectivity index is 1.73. The second-order valence-electron chi connectivity index (χ2n) is 4.10. The number of thiocarbonyl (C=S) groups is 1. The van der Waals surface area contributed by atoms with E-state index in [1.165, 1.54) is 11.1 Å². The summed E-state index contributed by atoms with van der Waals surface area (Å²) in [7, 11) is 0. The minimum atomic E-state index is 0.644. The van der Waals surface area contributed by atoms with Crippen molar-refractivity contribution in [3.63, 3.8) is 0 Å². The Kier molecular flexibility index (Phi) is 4.30. The van der Waals surface area contributed by atoms with Gasteiger partial charge >= 0.3 is 0 Å². The van der Waals surface area contributed by atoms with Crippen molar-refractivity contribution >= 4 is 17.3 Å². The summed E-state index contributed by atoms with van der Waals surface area (Å²) < 4.78 is 0. The van der Waals surface area contributed by atoms with E-state index in [2.05, 4.69) is 52.0 Å². The van der Waals surface area contributed by atoms with Gasteiger partial charge in [0.15, 0.2) is 5.11 Å². The van der Waals surface area contributed by atoms with Crippen LogP contribution in [0, 0.1) is 6.92 Å². The first-order chi connectivity index (χ1) is 8.74. The third kappa shape index (κ3) is 3.85. The molecular weight excluding hydrogens is 244 g/mol. The highest BCUT2D eigenvalue weighted by Gasteiger charge is 1.98. The van der Waals surface area contributed by atoms with Gasteiger partial charge < -0.3 is 10.6 Å². The molecule has 0 saturated carbocycles. The zero-order valence-electron chi connectivity index (χ0n) is 10.2. The monoisotopic (exact) mass is 260 g/mol. The van der Waals surface area contributed by atoms with Crippen LogP contribution < -0.4 is 10.6 Å². The maximum absolute atomic E-state index is 5.20. The number of hydrogen-bond donors (Lipinski definition) is 3. The summed E-state index contributed by atoms with van der Waals surface area (Å²) in [6.45, 7) is 3.46. The lowest BCUT2D eigenvalue weighted by atomic mass is 10.1. The quantitative estimate of drug-likeness (QED) is 0.735. The molecule has 0 radical (unpaired) electrons. The van der Waals surface area contributed by atoms with Crippen LogP contribution in [0.5, 0.6) is 0 Å². The first-order valence-electron chi connectivity index (χ1n) is 5.79. The summed E-state index contributed by atoms with van der Waals surface area (Å²) in [5.41, 5.74) is 3.49. The van der Waals surface area contributed by atoms with Crippen molar-refractivity contribution in [3.05, 3.63) is 53.3 Å². The van der Waals surface area contributed by atoms with Crippen LogP contribution >= 0.6 is 12.2 Å². The molecular formula is C13H16N4S. The van der Waals surface area contributed by atoms with E-state index in [1.807, 2.05) is 6.07 Å². The second kappa shape index (κ2) is 6.16. The standard InChI is InChI=1S/C13H16N4S/c1-10-2-4-11(5-3-10)8-14-13(18)15-9-12-6-7-16-17-12/h2-7H,8-9H2,1H3,(H,16,17)(H2,14,15,18). The number of rotatable bonds is 4. The van der Waals surface area contributed by atoms with Crippen molar-refractivity contribution in [1.29, 1.82) is 0 Å². The molecule has 0 unspecified atom stereocenters. The largest absolute Gasteiger partial charge is 0.359 e. The number of aromatic nitrogens is 2. The van der Waals surface area contributed by atoms with E-state index in [1.54, 1.807) is 6.20 Å². The summed E-state index contributed by atoms with van der Waals surface area (Å²) in [5, 5.41) is 13.7. The Morgan fingerprint density at radius 3 is 2.56 bits per heavy atom. The zero-order valence-corrected chi connectivity index (χ0v) is 11.1. The molecule has 5 heteroatoms. The average Bonchev–Trinajstić information content (AvgIpc) is 2.89. The number of benzene rings is 1. The minimum absolute atomic E-state index is 0.644. The molecule has 2 rings (SSSR count). The molecule has 0 aliphatic carbocycles. The zero-order chi connectivity index (χ0) is 12.8. The molecule has 0 fully saturated rings. The van der Waals surface area contributed by atoms with Crippen LogP contribution in [0.1, 0.15) is 16.8 Å². The van der Waals surface area contributed by atoms with Gasteiger partial charge in [0.2, 0.25) is 0 Å². The first-order valence-corrected chi connectivity index (χ1v) is 6.20. The molecule has 1 heterocycles. The summed E-state index contributed by atoms with van der Waals surface area (Å²) in [6, 6.07) is 10.3. The molecule has 0 aliphatic rings. The Labute approximate surface area is 112 Å². The number of nitrogens with zero attached hydrogens (tertiary/aromatic N) is 1. The maximum Gasteiger partial charge on any atom is 0.166 e. The number of H-pyrrole nitrogens is 1. The van der Waals surface area contributed by atoms with E-state index in [-0.39, 0.29) is 0 Å². The number of nitrogens with one attached hydrogen (secondary N) is 3. The molecule has 0 aliphatic heterocycles. The molecule has 1 aromatic heterocycles. The molecule has 2 aromatic rings.